The molecule has 0 unspecified atom stereocenters. The van der Waals surface area contributed by atoms with Gasteiger partial charge in [-0.2, -0.15) is 0 Å². The van der Waals surface area contributed by atoms with E-state index in [4.69, 9.17) is 15.6 Å². The highest BCUT2D eigenvalue weighted by atomic mass is 16.5. The van der Waals surface area contributed by atoms with Gasteiger partial charge in [-0.25, -0.2) is 15.8 Å². The first kappa shape index (κ1) is 15.0. The Morgan fingerprint density at radius 3 is 2.60 bits per heavy atom. The third-order valence-corrected chi connectivity index (χ3v) is 3.85. The van der Waals surface area contributed by atoms with Crippen LogP contribution < -0.4 is 16.2 Å². The number of rotatable bonds is 5. The number of nitrogens with zero attached hydrogens (tertiary/aromatic N) is 3. The molecule has 2 rings (SSSR count). The maximum atomic E-state index is 5.58. The van der Waals surface area contributed by atoms with E-state index in [0.717, 1.165) is 61.8 Å². The standard InChI is InChI=1S/C14H25N5O/c1-4-5-12-16-13(18-15)10(2)14(17-12)19-8-6-11(20-3)7-9-19/h11H,4-9,15H2,1-3H3,(H,16,17,18). The number of aromatic nitrogens is 2. The molecule has 1 aromatic heterocycles. The van der Waals surface area contributed by atoms with Gasteiger partial charge in [0, 0.05) is 32.2 Å². The minimum atomic E-state index is 0.371. The number of anilines is 2. The highest BCUT2D eigenvalue weighted by Crippen LogP contribution is 2.26. The van der Waals surface area contributed by atoms with Crippen molar-refractivity contribution in [2.24, 2.45) is 5.84 Å². The van der Waals surface area contributed by atoms with Crippen LogP contribution in [0.4, 0.5) is 11.6 Å². The number of nitrogens with two attached hydrogens (primary N) is 1. The van der Waals surface area contributed by atoms with Crippen molar-refractivity contribution < 1.29 is 4.74 Å². The van der Waals surface area contributed by atoms with Gasteiger partial charge in [0.25, 0.3) is 0 Å². The summed E-state index contributed by atoms with van der Waals surface area (Å²) in [7, 11) is 1.78. The fourth-order valence-corrected chi connectivity index (χ4v) is 2.64. The Labute approximate surface area is 120 Å². The van der Waals surface area contributed by atoms with Crippen LogP contribution in [0, 0.1) is 6.92 Å². The van der Waals surface area contributed by atoms with Gasteiger partial charge >= 0.3 is 0 Å². The molecule has 0 aromatic carbocycles. The van der Waals surface area contributed by atoms with E-state index >= 15 is 0 Å². The van der Waals surface area contributed by atoms with E-state index in [2.05, 4.69) is 22.2 Å². The molecular weight excluding hydrogens is 254 g/mol. The van der Waals surface area contributed by atoms with Crippen LogP contribution in [0.1, 0.15) is 37.6 Å². The zero-order valence-electron chi connectivity index (χ0n) is 12.6. The predicted molar refractivity (Wildman–Crippen MR) is 80.8 cm³/mol. The van der Waals surface area contributed by atoms with E-state index in [1.165, 1.54) is 0 Å². The van der Waals surface area contributed by atoms with Crippen molar-refractivity contribution in [2.75, 3.05) is 30.5 Å². The summed E-state index contributed by atoms with van der Waals surface area (Å²) in [5.74, 6) is 8.17. The number of hydrogen-bond donors (Lipinski definition) is 2. The Bertz CT molecular complexity index is 443. The number of hydrazine groups is 1. The monoisotopic (exact) mass is 279 g/mol. The van der Waals surface area contributed by atoms with Crippen LogP contribution in [0.5, 0.6) is 0 Å². The lowest BCUT2D eigenvalue weighted by molar-refractivity contribution is 0.0817. The first-order valence-corrected chi connectivity index (χ1v) is 7.31. The van der Waals surface area contributed by atoms with Gasteiger partial charge < -0.3 is 15.1 Å². The van der Waals surface area contributed by atoms with E-state index in [-0.39, 0.29) is 0 Å². The van der Waals surface area contributed by atoms with Crippen LogP contribution in [0.3, 0.4) is 0 Å². The number of methoxy groups -OCH3 is 1. The first-order chi connectivity index (χ1) is 9.69. The number of hydrogen-bond acceptors (Lipinski definition) is 6. The summed E-state index contributed by atoms with van der Waals surface area (Å²) in [6.45, 7) is 6.07. The summed E-state index contributed by atoms with van der Waals surface area (Å²) in [5, 5.41) is 0. The van der Waals surface area contributed by atoms with Gasteiger partial charge in [-0.05, 0) is 26.2 Å². The van der Waals surface area contributed by atoms with Crippen molar-refractivity contribution in [3.63, 3.8) is 0 Å². The normalized spacial score (nSPS) is 16.5. The number of piperidine rings is 1. The maximum Gasteiger partial charge on any atom is 0.148 e. The lowest BCUT2D eigenvalue weighted by atomic mass is 10.1. The number of nitrogens with one attached hydrogen (secondary N) is 1. The van der Waals surface area contributed by atoms with Gasteiger partial charge in [0.1, 0.15) is 17.5 Å². The minimum absolute atomic E-state index is 0.371. The fraction of sp³-hybridized carbons (Fsp3) is 0.714. The van der Waals surface area contributed by atoms with E-state index in [1.54, 1.807) is 7.11 Å². The molecule has 0 atom stereocenters. The fourth-order valence-electron chi connectivity index (χ4n) is 2.64. The predicted octanol–water partition coefficient (Wildman–Crippen LogP) is 1.64. The van der Waals surface area contributed by atoms with Gasteiger partial charge in [0.15, 0.2) is 0 Å². The molecule has 0 saturated carbocycles. The Hall–Kier alpha value is -1.40. The Morgan fingerprint density at radius 2 is 2.05 bits per heavy atom. The van der Waals surface area contributed by atoms with Crippen LogP contribution in [0.25, 0.3) is 0 Å². The molecule has 0 aliphatic carbocycles. The van der Waals surface area contributed by atoms with Gasteiger partial charge in [-0.1, -0.05) is 6.92 Å². The molecule has 1 aliphatic rings. The minimum Gasteiger partial charge on any atom is -0.381 e. The van der Waals surface area contributed by atoms with E-state index in [9.17, 15) is 0 Å². The molecule has 3 N–H and O–H groups in total. The van der Waals surface area contributed by atoms with Crippen molar-refractivity contribution in [1.82, 2.24) is 9.97 Å². The summed E-state index contributed by atoms with van der Waals surface area (Å²) < 4.78 is 5.42. The van der Waals surface area contributed by atoms with Crippen LogP contribution in [-0.4, -0.2) is 36.3 Å². The lowest BCUT2D eigenvalue weighted by Gasteiger charge is -2.33. The molecule has 1 saturated heterocycles. The summed E-state index contributed by atoms with van der Waals surface area (Å²) in [5.41, 5.74) is 3.71. The Morgan fingerprint density at radius 1 is 1.35 bits per heavy atom. The van der Waals surface area contributed by atoms with E-state index < -0.39 is 0 Å². The average Bonchev–Trinajstić information content (AvgIpc) is 2.49. The smallest absolute Gasteiger partial charge is 0.148 e. The third-order valence-electron chi connectivity index (χ3n) is 3.85. The largest absolute Gasteiger partial charge is 0.381 e. The first-order valence-electron chi connectivity index (χ1n) is 7.31. The van der Waals surface area contributed by atoms with Crippen molar-refractivity contribution in [1.29, 1.82) is 0 Å². The summed E-state index contributed by atoms with van der Waals surface area (Å²) in [4.78, 5) is 11.5. The van der Waals surface area contributed by atoms with Gasteiger partial charge in [0.05, 0.1) is 6.10 Å². The third kappa shape index (κ3) is 3.19. The van der Waals surface area contributed by atoms with Crippen LogP contribution in [0.15, 0.2) is 0 Å². The lowest BCUT2D eigenvalue weighted by Crippen LogP contribution is -2.38. The van der Waals surface area contributed by atoms with Crippen molar-refractivity contribution in [3.05, 3.63) is 11.4 Å². The van der Waals surface area contributed by atoms with Gasteiger partial charge in [-0.15, -0.1) is 0 Å². The van der Waals surface area contributed by atoms with Crippen molar-refractivity contribution >= 4 is 11.6 Å². The van der Waals surface area contributed by atoms with Gasteiger partial charge in [-0.3, -0.25) is 0 Å². The number of ether oxygens (including phenoxy) is 1. The second kappa shape index (κ2) is 6.85. The molecule has 6 heteroatoms. The number of nitrogen functional groups attached to an aromatic ring is 1. The number of aryl methyl sites for hydroxylation is 1. The van der Waals surface area contributed by atoms with Crippen molar-refractivity contribution in [3.8, 4) is 0 Å². The molecule has 1 aliphatic heterocycles. The summed E-state index contributed by atoms with van der Waals surface area (Å²) in [6.07, 6.45) is 4.34. The molecule has 0 spiro atoms. The molecule has 2 heterocycles. The molecule has 112 valence electrons. The zero-order chi connectivity index (χ0) is 14.5. The summed E-state index contributed by atoms with van der Waals surface area (Å²) >= 11 is 0. The molecule has 6 nitrogen and oxygen atoms in total. The van der Waals surface area contributed by atoms with Crippen LogP contribution >= 0.6 is 0 Å². The quantitative estimate of drug-likeness (QED) is 0.630. The Balaban J connectivity index is 2.23. The van der Waals surface area contributed by atoms with E-state index in [0.29, 0.717) is 6.10 Å². The summed E-state index contributed by atoms with van der Waals surface area (Å²) in [6, 6.07) is 0. The average molecular weight is 279 g/mol. The highest BCUT2D eigenvalue weighted by Gasteiger charge is 2.22. The molecule has 0 radical (unpaired) electrons. The van der Waals surface area contributed by atoms with E-state index in [1.807, 2.05) is 6.92 Å². The Kier molecular flexibility index (Phi) is 5.14. The molecule has 20 heavy (non-hydrogen) atoms. The SMILES string of the molecule is CCCc1nc(NN)c(C)c(N2CCC(OC)CC2)n1. The second-order valence-corrected chi connectivity index (χ2v) is 5.25. The van der Waals surface area contributed by atoms with Crippen LogP contribution in [-0.2, 0) is 11.2 Å². The molecular formula is C14H25N5O. The van der Waals surface area contributed by atoms with Crippen LogP contribution in [0.2, 0.25) is 0 Å². The maximum absolute atomic E-state index is 5.58. The second-order valence-electron chi connectivity index (χ2n) is 5.25. The molecule has 0 bridgehead atoms. The molecule has 1 fully saturated rings. The van der Waals surface area contributed by atoms with Gasteiger partial charge in [0.2, 0.25) is 0 Å². The zero-order valence-corrected chi connectivity index (χ0v) is 12.6. The highest BCUT2D eigenvalue weighted by molar-refractivity contribution is 5.58. The van der Waals surface area contributed by atoms with Crippen molar-refractivity contribution in [2.45, 2.75) is 45.6 Å². The topological polar surface area (TPSA) is 76.3 Å². The molecule has 0 amide bonds. The molecule has 1 aromatic rings.